The van der Waals surface area contributed by atoms with Gasteiger partial charge in [0.15, 0.2) is 0 Å². The minimum Gasteiger partial charge on any atom is -0.466 e. The van der Waals surface area contributed by atoms with Crippen LogP contribution in [0.3, 0.4) is 0 Å². The van der Waals surface area contributed by atoms with Gasteiger partial charge in [0.05, 0.1) is 23.6 Å². The van der Waals surface area contributed by atoms with Gasteiger partial charge in [-0.3, -0.25) is 4.79 Å². The Bertz CT molecular complexity index is 454. The first-order valence-electron chi connectivity index (χ1n) is 4.62. The van der Waals surface area contributed by atoms with E-state index in [2.05, 4.69) is 0 Å². The summed E-state index contributed by atoms with van der Waals surface area (Å²) in [6, 6.07) is 3.98. The summed E-state index contributed by atoms with van der Waals surface area (Å²) >= 11 is 5.68. The minimum atomic E-state index is -0.580. The van der Waals surface area contributed by atoms with Crippen molar-refractivity contribution in [2.24, 2.45) is 0 Å². The first-order chi connectivity index (χ1) is 7.58. The van der Waals surface area contributed by atoms with Crippen LogP contribution in [0.4, 0.5) is 4.39 Å². The third-order valence-corrected chi connectivity index (χ3v) is 2.19. The first-order valence-corrected chi connectivity index (χ1v) is 5.00. The summed E-state index contributed by atoms with van der Waals surface area (Å²) in [6.07, 6.45) is -0.159. The molecule has 1 aromatic carbocycles. The lowest BCUT2D eigenvalue weighted by atomic mass is 10.1. The van der Waals surface area contributed by atoms with Gasteiger partial charge in [0, 0.05) is 0 Å². The Morgan fingerprint density at radius 2 is 2.31 bits per heavy atom. The lowest BCUT2D eigenvalue weighted by Crippen LogP contribution is -2.09. The number of nitriles is 1. The molecule has 0 amide bonds. The van der Waals surface area contributed by atoms with Gasteiger partial charge >= 0.3 is 5.97 Å². The molecule has 0 heterocycles. The fourth-order valence-electron chi connectivity index (χ4n) is 1.26. The van der Waals surface area contributed by atoms with Crippen LogP contribution in [0.15, 0.2) is 12.1 Å². The SMILES string of the molecule is CCOC(=O)Cc1cc(F)cc(Cl)c1C#N. The lowest BCUT2D eigenvalue weighted by molar-refractivity contribution is -0.142. The fourth-order valence-corrected chi connectivity index (χ4v) is 1.53. The zero-order chi connectivity index (χ0) is 12.1. The van der Waals surface area contributed by atoms with Crippen LogP contribution in [0.25, 0.3) is 0 Å². The van der Waals surface area contributed by atoms with E-state index in [1.165, 1.54) is 0 Å². The highest BCUT2D eigenvalue weighted by molar-refractivity contribution is 6.31. The topological polar surface area (TPSA) is 50.1 Å². The van der Waals surface area contributed by atoms with E-state index >= 15 is 0 Å². The molecule has 3 nitrogen and oxygen atoms in total. The average molecular weight is 242 g/mol. The molecule has 0 fully saturated rings. The molecule has 0 aliphatic heterocycles. The van der Waals surface area contributed by atoms with E-state index in [1.807, 2.05) is 6.07 Å². The van der Waals surface area contributed by atoms with Crippen molar-refractivity contribution in [3.8, 4) is 6.07 Å². The van der Waals surface area contributed by atoms with Crippen molar-refractivity contribution < 1.29 is 13.9 Å². The Balaban J connectivity index is 3.04. The molecule has 0 radical (unpaired) electrons. The molecule has 16 heavy (non-hydrogen) atoms. The number of carbonyl (C=O) groups is 1. The van der Waals surface area contributed by atoms with Crippen LogP contribution in [0.2, 0.25) is 5.02 Å². The number of nitrogens with zero attached hydrogens (tertiary/aromatic N) is 1. The van der Waals surface area contributed by atoms with Crippen LogP contribution in [0.5, 0.6) is 0 Å². The van der Waals surface area contributed by atoms with Gasteiger partial charge in [0.2, 0.25) is 0 Å². The van der Waals surface area contributed by atoms with Crippen molar-refractivity contribution in [2.75, 3.05) is 6.61 Å². The normalized spacial score (nSPS) is 9.62. The van der Waals surface area contributed by atoms with Crippen LogP contribution in [-0.2, 0) is 16.0 Å². The molecular weight excluding hydrogens is 233 g/mol. The molecule has 0 saturated heterocycles. The number of hydrogen-bond donors (Lipinski definition) is 0. The molecule has 0 saturated carbocycles. The summed E-state index contributed by atoms with van der Waals surface area (Å²) in [5.74, 6) is -1.09. The second-order valence-electron chi connectivity index (χ2n) is 3.02. The van der Waals surface area contributed by atoms with E-state index in [4.69, 9.17) is 21.6 Å². The van der Waals surface area contributed by atoms with Crippen molar-refractivity contribution >= 4 is 17.6 Å². The van der Waals surface area contributed by atoms with Crippen molar-refractivity contribution in [2.45, 2.75) is 13.3 Å². The van der Waals surface area contributed by atoms with Gasteiger partial charge in [-0.15, -0.1) is 0 Å². The third-order valence-electron chi connectivity index (χ3n) is 1.89. The summed E-state index contributed by atoms with van der Waals surface area (Å²) in [5, 5.41) is 8.83. The number of hydrogen-bond acceptors (Lipinski definition) is 3. The van der Waals surface area contributed by atoms with E-state index in [-0.39, 0.29) is 29.2 Å². The van der Waals surface area contributed by atoms with E-state index in [0.29, 0.717) is 0 Å². The molecule has 0 N–H and O–H groups in total. The maximum Gasteiger partial charge on any atom is 0.310 e. The third kappa shape index (κ3) is 2.94. The summed E-state index contributed by atoms with van der Waals surface area (Å²) < 4.78 is 17.7. The van der Waals surface area contributed by atoms with Gasteiger partial charge in [-0.25, -0.2) is 4.39 Å². The number of esters is 1. The highest BCUT2D eigenvalue weighted by Gasteiger charge is 2.13. The fraction of sp³-hybridized carbons (Fsp3) is 0.273. The Morgan fingerprint density at radius 1 is 1.62 bits per heavy atom. The quantitative estimate of drug-likeness (QED) is 0.764. The Morgan fingerprint density at radius 3 is 2.88 bits per heavy atom. The smallest absolute Gasteiger partial charge is 0.310 e. The molecule has 0 aliphatic rings. The van der Waals surface area contributed by atoms with Crippen LogP contribution in [0.1, 0.15) is 18.1 Å². The second kappa shape index (κ2) is 5.47. The zero-order valence-electron chi connectivity index (χ0n) is 8.59. The molecule has 1 rings (SSSR count). The van der Waals surface area contributed by atoms with Gasteiger partial charge in [0.25, 0.3) is 0 Å². The second-order valence-corrected chi connectivity index (χ2v) is 3.42. The molecule has 0 bridgehead atoms. The molecule has 5 heteroatoms. The molecule has 84 valence electrons. The standard InChI is InChI=1S/C11H9ClFNO2/c1-2-16-11(15)4-7-3-8(13)5-10(12)9(7)6-14/h3,5H,2,4H2,1H3. The highest BCUT2D eigenvalue weighted by Crippen LogP contribution is 2.21. The molecule has 0 unspecified atom stereocenters. The number of ether oxygens (including phenoxy) is 1. The van der Waals surface area contributed by atoms with Gasteiger partial charge in [-0.05, 0) is 24.6 Å². The summed E-state index contributed by atoms with van der Waals surface area (Å²) in [7, 11) is 0. The van der Waals surface area contributed by atoms with Crippen LogP contribution < -0.4 is 0 Å². The number of halogens is 2. The Kier molecular flexibility index (Phi) is 4.27. The predicted molar refractivity (Wildman–Crippen MR) is 56.5 cm³/mol. The number of benzene rings is 1. The van der Waals surface area contributed by atoms with E-state index in [0.717, 1.165) is 12.1 Å². The minimum absolute atomic E-state index is 0.00167. The highest BCUT2D eigenvalue weighted by atomic mass is 35.5. The summed E-state index contributed by atoms with van der Waals surface area (Å²) in [6.45, 7) is 1.91. The summed E-state index contributed by atoms with van der Waals surface area (Å²) in [4.78, 5) is 11.2. The maximum atomic E-state index is 13.0. The predicted octanol–water partition coefficient (Wildman–Crippen LogP) is 2.46. The van der Waals surface area contributed by atoms with Crippen molar-refractivity contribution in [3.63, 3.8) is 0 Å². The Hall–Kier alpha value is -1.60. The zero-order valence-corrected chi connectivity index (χ0v) is 9.34. The molecule has 0 aliphatic carbocycles. The molecule has 0 spiro atoms. The van der Waals surface area contributed by atoms with Crippen molar-refractivity contribution in [1.29, 1.82) is 5.26 Å². The van der Waals surface area contributed by atoms with Crippen molar-refractivity contribution in [1.82, 2.24) is 0 Å². The maximum absolute atomic E-state index is 13.0. The van der Waals surface area contributed by atoms with Crippen LogP contribution in [-0.4, -0.2) is 12.6 Å². The van der Waals surface area contributed by atoms with E-state index in [1.54, 1.807) is 6.92 Å². The van der Waals surface area contributed by atoms with Gasteiger partial charge < -0.3 is 4.74 Å². The molecule has 0 atom stereocenters. The Labute approximate surface area is 97.4 Å². The average Bonchev–Trinajstić information content (AvgIpc) is 2.17. The van der Waals surface area contributed by atoms with Crippen molar-refractivity contribution in [3.05, 3.63) is 34.1 Å². The van der Waals surface area contributed by atoms with Crippen LogP contribution in [0, 0.1) is 17.1 Å². The summed E-state index contributed by atoms with van der Waals surface area (Å²) in [5.41, 5.74) is 0.349. The molecule has 0 aromatic heterocycles. The van der Waals surface area contributed by atoms with E-state index < -0.39 is 11.8 Å². The molecule has 1 aromatic rings. The van der Waals surface area contributed by atoms with E-state index in [9.17, 15) is 9.18 Å². The van der Waals surface area contributed by atoms with Crippen LogP contribution >= 0.6 is 11.6 Å². The first kappa shape index (κ1) is 12.5. The largest absolute Gasteiger partial charge is 0.466 e. The molecular formula is C11H9ClFNO2. The van der Waals surface area contributed by atoms with Gasteiger partial charge in [0.1, 0.15) is 11.9 Å². The van der Waals surface area contributed by atoms with Gasteiger partial charge in [-0.1, -0.05) is 11.6 Å². The number of rotatable bonds is 3. The monoisotopic (exact) mass is 241 g/mol. The number of carbonyl (C=O) groups excluding carboxylic acids is 1. The van der Waals surface area contributed by atoms with Gasteiger partial charge in [-0.2, -0.15) is 5.26 Å². The lowest BCUT2D eigenvalue weighted by Gasteiger charge is -2.05.